The molecule has 0 heterocycles. The van der Waals surface area contributed by atoms with Crippen LogP contribution in [0, 0.1) is 10.1 Å². The lowest BCUT2D eigenvalue weighted by molar-refractivity contribution is -0.385. The van der Waals surface area contributed by atoms with E-state index in [0.29, 0.717) is 29.2 Å². The van der Waals surface area contributed by atoms with Crippen LogP contribution in [0.1, 0.15) is 21.5 Å². The number of amides is 1. The summed E-state index contributed by atoms with van der Waals surface area (Å²) in [6.07, 6.45) is -3.47. The molecule has 0 radical (unpaired) electrons. The minimum atomic E-state index is -4.75. The van der Waals surface area contributed by atoms with E-state index in [2.05, 4.69) is 10.5 Å². The molecular weight excluding hydrogens is 507 g/mol. The van der Waals surface area contributed by atoms with Crippen molar-refractivity contribution in [3.05, 3.63) is 86.4 Å². The molecule has 0 spiro atoms. The summed E-state index contributed by atoms with van der Waals surface area (Å²) < 4.78 is 54.3. The SMILES string of the molecule is COc1ccc(C(=O)N/N=C/c2ccc(Oc3ccc(C(F)(F)F)cc3[N+](=O)[O-])c(Cl)c2)cc1OC. The van der Waals surface area contributed by atoms with E-state index in [4.69, 9.17) is 25.8 Å². The van der Waals surface area contributed by atoms with Crippen LogP contribution in [-0.4, -0.2) is 31.3 Å². The number of nitrogens with zero attached hydrogens (tertiary/aromatic N) is 2. The predicted octanol–water partition coefficient (Wildman–Crippen LogP) is 5.84. The van der Waals surface area contributed by atoms with E-state index in [1.807, 2.05) is 0 Å². The van der Waals surface area contributed by atoms with Gasteiger partial charge in [0.2, 0.25) is 5.75 Å². The predicted molar refractivity (Wildman–Crippen MR) is 124 cm³/mol. The molecule has 3 aromatic rings. The van der Waals surface area contributed by atoms with E-state index in [-0.39, 0.29) is 16.3 Å². The molecule has 0 aliphatic carbocycles. The molecule has 0 fully saturated rings. The van der Waals surface area contributed by atoms with Gasteiger partial charge in [-0.3, -0.25) is 14.9 Å². The van der Waals surface area contributed by atoms with Crippen molar-refractivity contribution >= 4 is 29.4 Å². The number of benzene rings is 3. The molecule has 13 heteroatoms. The Balaban J connectivity index is 1.72. The second-order valence-electron chi connectivity index (χ2n) is 7.00. The number of methoxy groups -OCH3 is 2. The Morgan fingerprint density at radius 3 is 2.28 bits per heavy atom. The molecule has 3 aromatic carbocycles. The van der Waals surface area contributed by atoms with Crippen LogP contribution in [0.2, 0.25) is 5.02 Å². The van der Waals surface area contributed by atoms with Crippen molar-refractivity contribution < 1.29 is 37.1 Å². The van der Waals surface area contributed by atoms with Gasteiger partial charge in [0.05, 0.1) is 35.9 Å². The van der Waals surface area contributed by atoms with Crippen molar-refractivity contribution in [1.29, 1.82) is 0 Å². The zero-order valence-electron chi connectivity index (χ0n) is 18.6. The number of hydrogen-bond donors (Lipinski definition) is 1. The average Bonchev–Trinajstić information content (AvgIpc) is 2.84. The largest absolute Gasteiger partial charge is 0.493 e. The van der Waals surface area contributed by atoms with Gasteiger partial charge in [0.25, 0.3) is 5.91 Å². The molecule has 0 aromatic heterocycles. The first kappa shape index (κ1) is 26.3. The standard InChI is InChI=1S/C23H17ClF3N3O6/c1-34-20-7-4-14(10-21(20)35-2)22(31)29-28-12-13-3-6-18(16(24)9-13)36-19-8-5-15(23(25,26)27)11-17(19)30(32)33/h3-12H,1-2H3,(H,29,31)/b28-12+. The van der Waals surface area contributed by atoms with Gasteiger partial charge in [0.1, 0.15) is 5.75 Å². The van der Waals surface area contributed by atoms with Gasteiger partial charge in [-0.1, -0.05) is 11.6 Å². The van der Waals surface area contributed by atoms with E-state index < -0.39 is 34.0 Å². The molecule has 0 aliphatic rings. The highest BCUT2D eigenvalue weighted by Crippen LogP contribution is 2.39. The van der Waals surface area contributed by atoms with Crippen molar-refractivity contribution in [2.24, 2.45) is 5.10 Å². The Morgan fingerprint density at radius 1 is 1.00 bits per heavy atom. The molecule has 36 heavy (non-hydrogen) atoms. The Bertz CT molecular complexity index is 1330. The van der Waals surface area contributed by atoms with E-state index in [0.717, 1.165) is 6.07 Å². The summed E-state index contributed by atoms with van der Waals surface area (Å²) >= 11 is 6.16. The monoisotopic (exact) mass is 523 g/mol. The van der Waals surface area contributed by atoms with Gasteiger partial charge < -0.3 is 14.2 Å². The van der Waals surface area contributed by atoms with Crippen molar-refractivity contribution in [3.63, 3.8) is 0 Å². The number of hydrogen-bond acceptors (Lipinski definition) is 7. The number of carbonyl (C=O) groups is 1. The van der Waals surface area contributed by atoms with Crippen molar-refractivity contribution in [2.45, 2.75) is 6.18 Å². The maximum atomic E-state index is 12.9. The van der Waals surface area contributed by atoms with Gasteiger partial charge in [-0.15, -0.1) is 0 Å². The lowest BCUT2D eigenvalue weighted by atomic mass is 10.2. The molecule has 3 rings (SSSR count). The zero-order chi connectivity index (χ0) is 26.5. The second kappa shape index (κ2) is 11.0. The normalized spacial score (nSPS) is 11.3. The first-order valence-electron chi connectivity index (χ1n) is 9.92. The average molecular weight is 524 g/mol. The Labute approximate surface area is 207 Å². The fourth-order valence-electron chi connectivity index (χ4n) is 2.93. The number of ether oxygens (including phenoxy) is 3. The van der Waals surface area contributed by atoms with Crippen LogP contribution < -0.4 is 19.6 Å². The first-order chi connectivity index (χ1) is 17.0. The molecule has 0 unspecified atom stereocenters. The van der Waals surface area contributed by atoms with Crippen molar-refractivity contribution in [1.82, 2.24) is 5.43 Å². The molecule has 188 valence electrons. The lowest BCUT2D eigenvalue weighted by Crippen LogP contribution is -2.17. The van der Waals surface area contributed by atoms with Gasteiger partial charge in [-0.2, -0.15) is 18.3 Å². The summed E-state index contributed by atoms with van der Waals surface area (Å²) in [6, 6.07) is 10.7. The molecule has 0 atom stereocenters. The summed E-state index contributed by atoms with van der Waals surface area (Å²) in [4.78, 5) is 22.6. The molecule has 0 saturated carbocycles. The Morgan fingerprint density at radius 2 is 1.67 bits per heavy atom. The van der Waals surface area contributed by atoms with Gasteiger partial charge in [-0.05, 0) is 54.1 Å². The smallest absolute Gasteiger partial charge is 0.416 e. The van der Waals surface area contributed by atoms with Crippen molar-refractivity contribution in [3.8, 4) is 23.0 Å². The summed E-state index contributed by atoms with van der Waals surface area (Å²) in [5.74, 6) is -0.154. The lowest BCUT2D eigenvalue weighted by Gasteiger charge is -2.11. The second-order valence-corrected chi connectivity index (χ2v) is 7.41. The number of nitrogens with one attached hydrogen (secondary N) is 1. The van der Waals surface area contributed by atoms with Gasteiger partial charge in [0, 0.05) is 11.6 Å². The highest BCUT2D eigenvalue weighted by molar-refractivity contribution is 6.32. The number of hydrazone groups is 1. The Hall–Kier alpha value is -4.32. The summed E-state index contributed by atoms with van der Waals surface area (Å²) in [7, 11) is 2.90. The van der Waals surface area contributed by atoms with E-state index in [1.54, 1.807) is 6.07 Å². The van der Waals surface area contributed by atoms with E-state index in [9.17, 15) is 28.1 Å². The topological polar surface area (TPSA) is 112 Å². The van der Waals surface area contributed by atoms with Crippen LogP contribution >= 0.6 is 11.6 Å². The molecule has 0 bridgehead atoms. The fourth-order valence-corrected chi connectivity index (χ4v) is 3.16. The highest BCUT2D eigenvalue weighted by Gasteiger charge is 2.33. The number of nitro benzene ring substituents is 1. The summed E-state index contributed by atoms with van der Waals surface area (Å²) in [5, 5.41) is 15.1. The fraction of sp³-hybridized carbons (Fsp3) is 0.130. The third kappa shape index (κ3) is 6.21. The van der Waals surface area contributed by atoms with Crippen LogP contribution in [0.3, 0.4) is 0 Å². The number of carbonyl (C=O) groups excluding carboxylic acids is 1. The minimum Gasteiger partial charge on any atom is -0.493 e. The molecule has 1 N–H and O–H groups in total. The van der Waals surface area contributed by atoms with Crippen LogP contribution in [-0.2, 0) is 6.18 Å². The van der Waals surface area contributed by atoms with Gasteiger partial charge in [0.15, 0.2) is 11.5 Å². The first-order valence-corrected chi connectivity index (χ1v) is 10.3. The van der Waals surface area contributed by atoms with Crippen LogP contribution in [0.25, 0.3) is 0 Å². The summed E-state index contributed by atoms with van der Waals surface area (Å²) in [5.41, 5.74) is 0.984. The highest BCUT2D eigenvalue weighted by atomic mass is 35.5. The molecule has 0 saturated heterocycles. The minimum absolute atomic E-state index is 0.000590. The van der Waals surface area contributed by atoms with Gasteiger partial charge >= 0.3 is 11.9 Å². The van der Waals surface area contributed by atoms with E-state index in [1.165, 1.54) is 50.8 Å². The van der Waals surface area contributed by atoms with E-state index >= 15 is 0 Å². The van der Waals surface area contributed by atoms with Crippen LogP contribution in [0.15, 0.2) is 59.7 Å². The van der Waals surface area contributed by atoms with Crippen LogP contribution in [0.4, 0.5) is 18.9 Å². The van der Waals surface area contributed by atoms with Crippen molar-refractivity contribution in [2.75, 3.05) is 14.2 Å². The molecule has 0 aliphatic heterocycles. The van der Waals surface area contributed by atoms with Crippen LogP contribution in [0.5, 0.6) is 23.0 Å². The maximum Gasteiger partial charge on any atom is 0.416 e. The number of nitro groups is 1. The molecule has 9 nitrogen and oxygen atoms in total. The Kier molecular flexibility index (Phi) is 8.00. The zero-order valence-corrected chi connectivity index (χ0v) is 19.4. The third-order valence-electron chi connectivity index (χ3n) is 4.68. The quantitative estimate of drug-likeness (QED) is 0.225. The maximum absolute atomic E-state index is 12.9. The number of alkyl halides is 3. The summed E-state index contributed by atoms with van der Waals surface area (Å²) in [6.45, 7) is 0. The molecular formula is C23H17ClF3N3O6. The van der Waals surface area contributed by atoms with Gasteiger partial charge in [-0.25, -0.2) is 5.43 Å². The molecule has 1 amide bonds. The number of halogens is 4. The number of rotatable bonds is 8. The third-order valence-corrected chi connectivity index (χ3v) is 4.98.